The number of rotatable bonds is 4. The number of H-pyrrole nitrogens is 1. The van der Waals surface area contributed by atoms with Gasteiger partial charge in [0.25, 0.3) is 5.91 Å². The van der Waals surface area contributed by atoms with Gasteiger partial charge in [-0.3, -0.25) is 14.8 Å². The van der Waals surface area contributed by atoms with Gasteiger partial charge in [-0.05, 0) is 30.8 Å². The number of aromatic amines is 1. The molecule has 0 radical (unpaired) electrons. The molecule has 5 nitrogen and oxygen atoms in total. The van der Waals surface area contributed by atoms with E-state index in [1.807, 2.05) is 0 Å². The molecule has 0 spiro atoms. The molecular weight excluding hydrogens is 272 g/mol. The highest BCUT2D eigenvalue weighted by Crippen LogP contribution is 2.17. The van der Waals surface area contributed by atoms with Crippen molar-refractivity contribution in [3.63, 3.8) is 0 Å². The molecule has 0 unspecified atom stereocenters. The maximum absolute atomic E-state index is 12.0. The van der Waals surface area contributed by atoms with Crippen molar-refractivity contribution < 1.29 is 4.79 Å². The van der Waals surface area contributed by atoms with E-state index in [1.165, 1.54) is 4.88 Å². The van der Waals surface area contributed by atoms with Gasteiger partial charge in [0.2, 0.25) is 0 Å². The van der Waals surface area contributed by atoms with E-state index in [0.29, 0.717) is 5.56 Å². The summed E-state index contributed by atoms with van der Waals surface area (Å²) in [6.45, 7) is 3.01. The first-order valence-electron chi connectivity index (χ1n) is 6.85. The predicted octanol–water partition coefficient (Wildman–Crippen LogP) is 1.87. The molecule has 106 valence electrons. The molecule has 2 aromatic heterocycles. The van der Waals surface area contributed by atoms with Crippen LogP contribution in [-0.4, -0.2) is 40.1 Å². The lowest BCUT2D eigenvalue weighted by molar-refractivity contribution is 0.0901. The first-order valence-corrected chi connectivity index (χ1v) is 7.73. The Hall–Kier alpha value is -1.66. The normalized spacial score (nSPS) is 19.9. The van der Waals surface area contributed by atoms with Crippen molar-refractivity contribution in [1.29, 1.82) is 0 Å². The fourth-order valence-corrected chi connectivity index (χ4v) is 3.33. The number of nitrogens with zero attached hydrogens (tertiary/aromatic N) is 2. The third-order valence-electron chi connectivity index (χ3n) is 3.56. The van der Waals surface area contributed by atoms with Gasteiger partial charge in [-0.1, -0.05) is 6.07 Å². The number of aromatic nitrogens is 2. The van der Waals surface area contributed by atoms with Gasteiger partial charge in [-0.15, -0.1) is 11.3 Å². The van der Waals surface area contributed by atoms with Crippen LogP contribution >= 0.6 is 11.3 Å². The third-order valence-corrected chi connectivity index (χ3v) is 4.42. The smallest absolute Gasteiger partial charge is 0.254 e. The summed E-state index contributed by atoms with van der Waals surface area (Å²) in [5.74, 6) is -0.0401. The number of likely N-dealkylation sites (tertiary alicyclic amines) is 1. The SMILES string of the molecule is O=C(N[C@H]1CCCN(Cc2cccs2)C1)c1cn[nH]c1. The van der Waals surface area contributed by atoms with Crippen molar-refractivity contribution in [1.82, 2.24) is 20.4 Å². The van der Waals surface area contributed by atoms with Gasteiger partial charge in [0.1, 0.15) is 0 Å². The number of carbonyl (C=O) groups excluding carboxylic acids is 1. The molecule has 1 atom stereocenters. The van der Waals surface area contributed by atoms with Crippen molar-refractivity contribution in [3.8, 4) is 0 Å². The lowest BCUT2D eigenvalue weighted by atomic mass is 10.1. The van der Waals surface area contributed by atoms with Gasteiger partial charge in [0.15, 0.2) is 0 Å². The maximum atomic E-state index is 12.0. The van der Waals surface area contributed by atoms with Gasteiger partial charge in [0, 0.05) is 30.2 Å². The van der Waals surface area contributed by atoms with E-state index in [0.717, 1.165) is 32.5 Å². The molecule has 6 heteroatoms. The highest BCUT2D eigenvalue weighted by atomic mass is 32.1. The Kier molecular flexibility index (Phi) is 4.13. The number of amides is 1. The molecule has 1 aliphatic rings. The van der Waals surface area contributed by atoms with Crippen molar-refractivity contribution >= 4 is 17.2 Å². The Bertz CT molecular complexity index is 538. The molecule has 1 aliphatic heterocycles. The standard InChI is InChI=1S/C14H18N4OS/c19-14(11-7-15-16-8-11)17-12-3-1-5-18(9-12)10-13-4-2-6-20-13/h2,4,6-8,12H,1,3,5,9-10H2,(H,15,16)(H,17,19)/t12-/m0/s1. The van der Waals surface area contributed by atoms with E-state index < -0.39 is 0 Å². The fourth-order valence-electron chi connectivity index (χ4n) is 2.58. The molecule has 2 N–H and O–H groups in total. The lowest BCUT2D eigenvalue weighted by Gasteiger charge is -2.32. The van der Waals surface area contributed by atoms with Crippen LogP contribution in [0.3, 0.4) is 0 Å². The van der Waals surface area contributed by atoms with Gasteiger partial charge in [-0.25, -0.2) is 0 Å². The van der Waals surface area contributed by atoms with Gasteiger partial charge in [0.05, 0.1) is 11.8 Å². The average molecular weight is 290 g/mol. The molecule has 2 aromatic rings. The van der Waals surface area contributed by atoms with Gasteiger partial charge >= 0.3 is 0 Å². The molecule has 1 fully saturated rings. The Labute approximate surface area is 122 Å². The van der Waals surface area contributed by atoms with Gasteiger partial charge in [-0.2, -0.15) is 5.10 Å². The van der Waals surface area contributed by atoms with Crippen LogP contribution in [0.15, 0.2) is 29.9 Å². The zero-order valence-electron chi connectivity index (χ0n) is 11.2. The summed E-state index contributed by atoms with van der Waals surface area (Å²) in [6, 6.07) is 4.48. The Balaban J connectivity index is 1.54. The summed E-state index contributed by atoms with van der Waals surface area (Å²) >= 11 is 1.79. The Morgan fingerprint density at radius 2 is 2.55 bits per heavy atom. The van der Waals surface area contributed by atoms with Crippen LogP contribution in [0.5, 0.6) is 0 Å². The predicted molar refractivity (Wildman–Crippen MR) is 78.7 cm³/mol. The Morgan fingerprint density at radius 3 is 3.30 bits per heavy atom. The minimum Gasteiger partial charge on any atom is -0.348 e. The molecule has 0 aliphatic carbocycles. The second-order valence-corrected chi connectivity index (χ2v) is 6.15. The van der Waals surface area contributed by atoms with Crippen molar-refractivity contribution in [3.05, 3.63) is 40.3 Å². The molecular formula is C14H18N4OS. The largest absolute Gasteiger partial charge is 0.348 e. The molecule has 0 aromatic carbocycles. The molecule has 3 heterocycles. The summed E-state index contributed by atoms with van der Waals surface area (Å²) in [5, 5.41) is 11.7. The van der Waals surface area contributed by atoms with Crippen LogP contribution < -0.4 is 5.32 Å². The molecule has 20 heavy (non-hydrogen) atoms. The zero-order valence-corrected chi connectivity index (χ0v) is 12.0. The second kappa shape index (κ2) is 6.19. The molecule has 3 rings (SSSR count). The Morgan fingerprint density at radius 1 is 1.60 bits per heavy atom. The summed E-state index contributed by atoms with van der Waals surface area (Å²) < 4.78 is 0. The number of hydrogen-bond donors (Lipinski definition) is 2. The quantitative estimate of drug-likeness (QED) is 0.903. The van der Waals surface area contributed by atoms with Crippen LogP contribution in [-0.2, 0) is 6.54 Å². The van der Waals surface area contributed by atoms with Crippen LogP contribution in [0.1, 0.15) is 28.1 Å². The highest BCUT2D eigenvalue weighted by molar-refractivity contribution is 7.09. The van der Waals surface area contributed by atoms with Crippen molar-refractivity contribution in [2.75, 3.05) is 13.1 Å². The molecule has 0 saturated carbocycles. The molecule has 1 amide bonds. The van der Waals surface area contributed by atoms with E-state index in [2.05, 4.69) is 37.9 Å². The number of thiophene rings is 1. The minimum atomic E-state index is -0.0401. The first-order chi connectivity index (χ1) is 9.81. The van der Waals surface area contributed by atoms with E-state index in [4.69, 9.17) is 0 Å². The summed E-state index contributed by atoms with van der Waals surface area (Å²) in [7, 11) is 0. The van der Waals surface area contributed by atoms with Crippen molar-refractivity contribution in [2.45, 2.75) is 25.4 Å². The molecule has 1 saturated heterocycles. The third kappa shape index (κ3) is 3.26. The first kappa shape index (κ1) is 13.3. The topological polar surface area (TPSA) is 61.0 Å². The fraction of sp³-hybridized carbons (Fsp3) is 0.429. The maximum Gasteiger partial charge on any atom is 0.254 e. The van der Waals surface area contributed by atoms with Crippen LogP contribution in [0.4, 0.5) is 0 Å². The number of piperidine rings is 1. The van der Waals surface area contributed by atoms with Crippen LogP contribution in [0.2, 0.25) is 0 Å². The van der Waals surface area contributed by atoms with E-state index in [1.54, 1.807) is 23.7 Å². The zero-order chi connectivity index (χ0) is 13.8. The monoisotopic (exact) mass is 290 g/mol. The van der Waals surface area contributed by atoms with E-state index in [9.17, 15) is 4.79 Å². The summed E-state index contributed by atoms with van der Waals surface area (Å²) in [6.07, 6.45) is 5.36. The summed E-state index contributed by atoms with van der Waals surface area (Å²) in [4.78, 5) is 15.8. The van der Waals surface area contributed by atoms with Crippen molar-refractivity contribution in [2.24, 2.45) is 0 Å². The highest BCUT2D eigenvalue weighted by Gasteiger charge is 2.22. The van der Waals surface area contributed by atoms with E-state index in [-0.39, 0.29) is 11.9 Å². The molecule has 0 bridgehead atoms. The van der Waals surface area contributed by atoms with Crippen LogP contribution in [0.25, 0.3) is 0 Å². The minimum absolute atomic E-state index is 0.0401. The lowest BCUT2D eigenvalue weighted by Crippen LogP contribution is -2.47. The number of nitrogens with one attached hydrogen (secondary N) is 2. The van der Waals surface area contributed by atoms with Crippen LogP contribution in [0, 0.1) is 0 Å². The van der Waals surface area contributed by atoms with E-state index >= 15 is 0 Å². The number of carbonyl (C=O) groups is 1. The second-order valence-electron chi connectivity index (χ2n) is 5.11. The number of hydrogen-bond acceptors (Lipinski definition) is 4. The summed E-state index contributed by atoms with van der Waals surface area (Å²) in [5.41, 5.74) is 0.598. The van der Waals surface area contributed by atoms with Gasteiger partial charge < -0.3 is 5.32 Å². The average Bonchev–Trinajstić information content (AvgIpc) is 3.12.